The van der Waals surface area contributed by atoms with Crippen molar-refractivity contribution in [3.05, 3.63) is 12.2 Å². The molecule has 0 radical (unpaired) electrons. The van der Waals surface area contributed by atoms with Crippen LogP contribution in [-0.4, -0.2) is 132 Å². The highest BCUT2D eigenvalue weighted by atomic mass is 16.7. The summed E-state index contributed by atoms with van der Waals surface area (Å²) in [6.45, 7) is 6.93. The van der Waals surface area contributed by atoms with Gasteiger partial charge in [0.2, 0.25) is 11.8 Å². The summed E-state index contributed by atoms with van der Waals surface area (Å²) < 4.78 is 26.0. The van der Waals surface area contributed by atoms with Crippen molar-refractivity contribution < 1.29 is 52.5 Å². The molecule has 17 heteroatoms. The van der Waals surface area contributed by atoms with Crippen LogP contribution in [0.3, 0.4) is 0 Å². The number of nitrogens with zero attached hydrogens (tertiary/aromatic N) is 1. The fourth-order valence-electron chi connectivity index (χ4n) is 2.88. The second kappa shape index (κ2) is 21.1. The Hall–Kier alpha value is -3.64. The lowest BCUT2D eigenvalue weighted by atomic mass is 10.2. The van der Waals surface area contributed by atoms with Gasteiger partial charge in [-0.25, -0.2) is 4.79 Å². The number of hydroxylamine groups is 1. The van der Waals surface area contributed by atoms with E-state index in [-0.39, 0.29) is 90.1 Å². The van der Waals surface area contributed by atoms with Crippen LogP contribution >= 0.6 is 0 Å². The van der Waals surface area contributed by atoms with E-state index in [1.54, 1.807) is 20.8 Å². The summed E-state index contributed by atoms with van der Waals surface area (Å²) in [5.74, 6) is -1.46. The van der Waals surface area contributed by atoms with E-state index >= 15 is 0 Å². The van der Waals surface area contributed by atoms with E-state index in [4.69, 9.17) is 33.9 Å². The number of ether oxygens (including phenoxy) is 5. The average molecular weight is 603 g/mol. The van der Waals surface area contributed by atoms with Crippen molar-refractivity contribution in [1.82, 2.24) is 26.3 Å². The Labute approximate surface area is 244 Å². The molecule has 0 atom stereocenters. The molecule has 5 N–H and O–H groups in total. The second-order valence-electron chi connectivity index (χ2n) is 9.49. The highest BCUT2D eigenvalue weighted by Gasteiger charge is 2.22. The molecule has 0 spiro atoms. The topological polar surface area (TPSA) is 216 Å². The molecule has 1 rings (SSSR count). The zero-order chi connectivity index (χ0) is 31.2. The minimum atomic E-state index is -0.743. The van der Waals surface area contributed by atoms with Crippen molar-refractivity contribution in [2.24, 2.45) is 0 Å². The zero-order valence-corrected chi connectivity index (χ0v) is 24.3. The van der Waals surface area contributed by atoms with E-state index in [1.807, 2.05) is 0 Å². The number of hydrogen-bond donors (Lipinski definition) is 5. The molecule has 0 bridgehead atoms. The summed E-state index contributed by atoms with van der Waals surface area (Å²) in [5.41, 5.74) is 1.44. The third-order valence-electron chi connectivity index (χ3n) is 4.69. The molecule has 17 nitrogen and oxygen atoms in total. The Morgan fingerprint density at radius 2 is 1.24 bits per heavy atom. The van der Waals surface area contributed by atoms with Gasteiger partial charge in [-0.3, -0.25) is 34.3 Å². The van der Waals surface area contributed by atoms with Crippen molar-refractivity contribution in [2.45, 2.75) is 26.4 Å². The Morgan fingerprint density at radius 1 is 0.738 bits per heavy atom. The van der Waals surface area contributed by atoms with E-state index in [2.05, 4.69) is 21.4 Å². The van der Waals surface area contributed by atoms with Gasteiger partial charge < -0.3 is 39.6 Å². The monoisotopic (exact) mass is 602 g/mol. The Bertz CT molecular complexity index is 905. The average Bonchev–Trinajstić information content (AvgIpc) is 3.22. The molecule has 1 aliphatic rings. The first kappa shape index (κ1) is 36.4. The molecule has 0 fully saturated rings. The molecular weight excluding hydrogens is 560 g/mol. The Balaban J connectivity index is 1.84. The first-order chi connectivity index (χ1) is 20.0. The molecular formula is C25H42N6O11. The van der Waals surface area contributed by atoms with Gasteiger partial charge in [-0.05, 0) is 20.8 Å². The van der Waals surface area contributed by atoms with Crippen molar-refractivity contribution in [2.75, 3.05) is 85.6 Å². The number of nitrogens with one attached hydrogen (secondary N) is 5. The number of amides is 5. The maximum atomic E-state index is 11.7. The van der Waals surface area contributed by atoms with Crippen LogP contribution in [0.4, 0.5) is 4.79 Å². The van der Waals surface area contributed by atoms with Crippen LogP contribution in [0.25, 0.3) is 0 Å². The number of hydrogen-bond acceptors (Lipinski definition) is 12. The van der Waals surface area contributed by atoms with Crippen LogP contribution in [0, 0.1) is 5.41 Å². The van der Waals surface area contributed by atoms with Crippen molar-refractivity contribution in [3.63, 3.8) is 0 Å². The largest absolute Gasteiger partial charge is 0.442 e. The van der Waals surface area contributed by atoms with E-state index < -0.39 is 23.5 Å². The Kier molecular flexibility index (Phi) is 18.3. The summed E-state index contributed by atoms with van der Waals surface area (Å²) >= 11 is 0. The maximum Gasteiger partial charge on any atom is 0.431 e. The zero-order valence-electron chi connectivity index (χ0n) is 24.3. The van der Waals surface area contributed by atoms with Crippen LogP contribution < -0.4 is 21.4 Å². The third kappa shape index (κ3) is 19.4. The molecule has 1 aliphatic heterocycles. The number of carbonyl (C=O) groups excluding carboxylic acids is 5. The molecule has 0 aromatic carbocycles. The standard InChI is InChI=1S/C25H42N6O11/c1-25(2,3)42-24(36)30-41-16-19(26)27-7-10-37-12-14-40-18-21(33)29-8-11-38-13-15-39-17-20(32)28-6-9-31-22(34)4-5-23(31)35/h4-5H,6-18H2,1-3H3,(H2,26,27)(H,28,32)(H,29,33)(H,30,36). The van der Waals surface area contributed by atoms with Gasteiger partial charge in [0.1, 0.15) is 31.3 Å². The van der Waals surface area contributed by atoms with Gasteiger partial charge >= 0.3 is 6.09 Å². The van der Waals surface area contributed by atoms with Gasteiger partial charge in [0.05, 0.1) is 39.6 Å². The van der Waals surface area contributed by atoms with Crippen LogP contribution in [0.2, 0.25) is 0 Å². The fourth-order valence-corrected chi connectivity index (χ4v) is 2.88. The van der Waals surface area contributed by atoms with E-state index in [0.29, 0.717) is 13.2 Å². The van der Waals surface area contributed by atoms with E-state index in [0.717, 1.165) is 4.90 Å². The highest BCUT2D eigenvalue weighted by Crippen LogP contribution is 2.06. The molecule has 5 amide bonds. The van der Waals surface area contributed by atoms with Crippen LogP contribution in [-0.2, 0) is 47.7 Å². The summed E-state index contributed by atoms with van der Waals surface area (Å²) in [7, 11) is 0. The van der Waals surface area contributed by atoms with Gasteiger partial charge in [0, 0.05) is 38.3 Å². The molecule has 0 saturated carbocycles. The molecule has 238 valence electrons. The number of carbonyl (C=O) groups is 5. The molecule has 1 heterocycles. The fraction of sp³-hybridized carbons (Fsp3) is 0.680. The summed E-state index contributed by atoms with van der Waals surface area (Å²) in [5, 5.41) is 15.6. The van der Waals surface area contributed by atoms with Gasteiger partial charge in [0.15, 0.2) is 0 Å². The van der Waals surface area contributed by atoms with Crippen molar-refractivity contribution >= 4 is 35.6 Å². The van der Waals surface area contributed by atoms with Crippen molar-refractivity contribution in [1.29, 1.82) is 5.41 Å². The first-order valence-corrected chi connectivity index (χ1v) is 13.3. The quantitative estimate of drug-likeness (QED) is 0.0306. The predicted molar refractivity (Wildman–Crippen MR) is 146 cm³/mol. The summed E-state index contributed by atoms with van der Waals surface area (Å²) in [4.78, 5) is 63.6. The van der Waals surface area contributed by atoms with E-state index in [9.17, 15) is 24.0 Å². The normalized spacial score (nSPS) is 12.8. The lowest BCUT2D eigenvalue weighted by molar-refractivity contribution is -0.137. The second-order valence-corrected chi connectivity index (χ2v) is 9.49. The van der Waals surface area contributed by atoms with Crippen LogP contribution in [0.15, 0.2) is 12.2 Å². The minimum absolute atomic E-state index is 0.0457. The lowest BCUT2D eigenvalue weighted by Crippen LogP contribution is -2.39. The summed E-state index contributed by atoms with van der Waals surface area (Å²) in [6, 6.07) is 0. The number of imide groups is 1. The van der Waals surface area contributed by atoms with Gasteiger partial charge in [-0.1, -0.05) is 0 Å². The summed E-state index contributed by atoms with van der Waals surface area (Å²) in [6.07, 6.45) is 1.62. The van der Waals surface area contributed by atoms with Crippen LogP contribution in [0.5, 0.6) is 0 Å². The molecule has 0 aromatic heterocycles. The van der Waals surface area contributed by atoms with Gasteiger partial charge in [0.25, 0.3) is 11.8 Å². The molecule has 0 aromatic rings. The SMILES string of the molecule is CC(C)(C)OC(=O)NOCC(=N)NCCOCCOCC(=O)NCCOCCOCC(=O)NCCN1C(=O)C=CC1=O. The van der Waals surface area contributed by atoms with E-state index in [1.165, 1.54) is 12.2 Å². The third-order valence-corrected chi connectivity index (χ3v) is 4.69. The van der Waals surface area contributed by atoms with Crippen molar-refractivity contribution in [3.8, 4) is 0 Å². The van der Waals surface area contributed by atoms with Gasteiger partial charge in [-0.15, -0.1) is 0 Å². The molecule has 0 unspecified atom stereocenters. The number of rotatable bonds is 22. The molecule has 0 saturated heterocycles. The van der Waals surface area contributed by atoms with Gasteiger partial charge in [-0.2, -0.15) is 5.48 Å². The highest BCUT2D eigenvalue weighted by molar-refractivity contribution is 6.12. The lowest BCUT2D eigenvalue weighted by Gasteiger charge is -2.19. The van der Waals surface area contributed by atoms with Crippen LogP contribution in [0.1, 0.15) is 20.8 Å². The molecule has 42 heavy (non-hydrogen) atoms. The smallest absolute Gasteiger partial charge is 0.431 e. The number of amidine groups is 1. The molecule has 0 aliphatic carbocycles. The Morgan fingerprint density at radius 3 is 1.79 bits per heavy atom. The predicted octanol–water partition coefficient (Wildman–Crippen LogP) is -1.77. The maximum absolute atomic E-state index is 11.7. The minimum Gasteiger partial charge on any atom is -0.442 e. The first-order valence-electron chi connectivity index (χ1n) is 13.3.